The van der Waals surface area contributed by atoms with Crippen molar-refractivity contribution < 1.29 is 0 Å². The van der Waals surface area contributed by atoms with Gasteiger partial charge >= 0.3 is 0 Å². The fraction of sp³-hybridized carbons (Fsp3) is 0.176. The van der Waals surface area contributed by atoms with E-state index in [4.69, 9.17) is 11.6 Å². The monoisotopic (exact) mass is 364 g/mol. The van der Waals surface area contributed by atoms with Crippen LogP contribution in [0.25, 0.3) is 10.1 Å². The number of halogens is 2. The van der Waals surface area contributed by atoms with E-state index in [0.29, 0.717) is 0 Å². The van der Waals surface area contributed by atoms with Gasteiger partial charge < -0.3 is 0 Å². The lowest BCUT2D eigenvalue weighted by Crippen LogP contribution is -1.97. The second-order valence-corrected chi connectivity index (χ2v) is 7.13. The van der Waals surface area contributed by atoms with E-state index in [1.807, 2.05) is 0 Å². The molecule has 0 radical (unpaired) electrons. The molecule has 0 saturated carbocycles. The summed E-state index contributed by atoms with van der Waals surface area (Å²) in [5.74, 6) is 0. The van der Waals surface area contributed by atoms with E-state index in [9.17, 15) is 0 Å². The summed E-state index contributed by atoms with van der Waals surface area (Å²) >= 11 is 12.1. The highest BCUT2D eigenvalue weighted by atomic mass is 79.9. The second-order valence-electron chi connectivity index (χ2n) is 4.96. The second kappa shape index (κ2) is 5.51. The lowest BCUT2D eigenvalue weighted by atomic mass is 9.97. The zero-order chi connectivity index (χ0) is 14.3. The number of hydrogen-bond acceptors (Lipinski definition) is 1. The molecular weight excluding hydrogens is 352 g/mol. The van der Waals surface area contributed by atoms with Crippen LogP contribution in [-0.2, 0) is 0 Å². The van der Waals surface area contributed by atoms with Gasteiger partial charge in [0, 0.05) is 9.17 Å². The Hall–Kier alpha value is -0.830. The van der Waals surface area contributed by atoms with Crippen LogP contribution in [0.15, 0.2) is 46.3 Å². The molecule has 0 N–H and O–H groups in total. The Balaban J connectivity index is 2.16. The van der Waals surface area contributed by atoms with E-state index in [0.717, 1.165) is 4.47 Å². The molecule has 20 heavy (non-hydrogen) atoms. The maximum absolute atomic E-state index is 6.77. The number of benzene rings is 2. The molecule has 0 fully saturated rings. The molecule has 3 rings (SSSR count). The number of aryl methyl sites for hydroxylation is 1. The van der Waals surface area contributed by atoms with E-state index in [2.05, 4.69) is 71.6 Å². The molecule has 2 aromatic carbocycles. The first kappa shape index (κ1) is 14.1. The first-order valence-corrected chi connectivity index (χ1v) is 8.56. The normalized spacial score (nSPS) is 12.8. The minimum atomic E-state index is -0.0991. The third-order valence-electron chi connectivity index (χ3n) is 3.77. The molecule has 0 bridgehead atoms. The zero-order valence-corrected chi connectivity index (χ0v) is 14.4. The van der Waals surface area contributed by atoms with E-state index < -0.39 is 0 Å². The highest BCUT2D eigenvalue weighted by molar-refractivity contribution is 9.10. The summed E-state index contributed by atoms with van der Waals surface area (Å²) in [5, 5.41) is 3.32. The van der Waals surface area contributed by atoms with Crippen molar-refractivity contribution in [3.8, 4) is 0 Å². The van der Waals surface area contributed by atoms with Crippen molar-refractivity contribution in [2.24, 2.45) is 0 Å². The topological polar surface area (TPSA) is 0 Å². The van der Waals surface area contributed by atoms with Crippen LogP contribution in [-0.4, -0.2) is 0 Å². The number of alkyl halides is 1. The maximum Gasteiger partial charge on any atom is 0.0852 e. The van der Waals surface area contributed by atoms with Gasteiger partial charge in [-0.2, -0.15) is 0 Å². The van der Waals surface area contributed by atoms with E-state index >= 15 is 0 Å². The van der Waals surface area contributed by atoms with E-state index in [-0.39, 0.29) is 5.38 Å². The van der Waals surface area contributed by atoms with Crippen LogP contribution in [0.3, 0.4) is 0 Å². The largest absolute Gasteiger partial charge is 0.142 e. The van der Waals surface area contributed by atoms with Crippen LogP contribution in [0.4, 0.5) is 0 Å². The number of thiophene rings is 1. The van der Waals surface area contributed by atoms with Gasteiger partial charge in [0.25, 0.3) is 0 Å². The van der Waals surface area contributed by atoms with Gasteiger partial charge in [0.15, 0.2) is 0 Å². The van der Waals surface area contributed by atoms with Gasteiger partial charge in [-0.1, -0.05) is 30.3 Å². The van der Waals surface area contributed by atoms with E-state index in [1.165, 1.54) is 32.3 Å². The van der Waals surface area contributed by atoms with Gasteiger partial charge in [0.05, 0.1) is 5.38 Å². The van der Waals surface area contributed by atoms with Gasteiger partial charge in [-0.15, -0.1) is 22.9 Å². The third kappa shape index (κ3) is 2.30. The van der Waals surface area contributed by atoms with Crippen molar-refractivity contribution in [2.45, 2.75) is 19.2 Å². The van der Waals surface area contributed by atoms with Crippen LogP contribution < -0.4 is 0 Å². The Labute approximate surface area is 136 Å². The minimum Gasteiger partial charge on any atom is -0.142 e. The first-order chi connectivity index (χ1) is 9.59. The smallest absolute Gasteiger partial charge is 0.0852 e. The van der Waals surface area contributed by atoms with E-state index in [1.54, 1.807) is 11.3 Å². The predicted octanol–water partition coefficient (Wildman–Crippen LogP) is 6.61. The molecule has 1 aromatic heterocycles. The Morgan fingerprint density at radius 3 is 2.60 bits per heavy atom. The summed E-state index contributed by atoms with van der Waals surface area (Å²) in [7, 11) is 0. The Bertz CT molecular complexity index is 776. The van der Waals surface area contributed by atoms with Crippen LogP contribution in [0.1, 0.15) is 27.6 Å². The Morgan fingerprint density at radius 2 is 1.80 bits per heavy atom. The molecule has 0 spiro atoms. The highest BCUT2D eigenvalue weighted by Crippen LogP contribution is 2.41. The summed E-state index contributed by atoms with van der Waals surface area (Å²) in [5.41, 5.74) is 4.96. The maximum atomic E-state index is 6.77. The minimum absolute atomic E-state index is 0.0991. The van der Waals surface area contributed by atoms with Gasteiger partial charge in [0.1, 0.15) is 0 Å². The predicted molar refractivity (Wildman–Crippen MR) is 93.1 cm³/mol. The molecule has 3 heteroatoms. The molecule has 0 saturated heterocycles. The summed E-state index contributed by atoms with van der Waals surface area (Å²) in [6.07, 6.45) is 0. The standard InChI is InChI=1S/C17H14BrClS/c1-10-5-3-6-12(11(10)2)16(19)14-9-20-17-13(14)7-4-8-15(17)18/h3-9,16H,1-2H3. The average Bonchev–Trinajstić information content (AvgIpc) is 2.86. The van der Waals surface area contributed by atoms with Crippen LogP contribution >= 0.6 is 38.9 Å². The van der Waals surface area contributed by atoms with Crippen molar-refractivity contribution in [3.05, 3.63) is 68.5 Å². The van der Waals surface area contributed by atoms with Crippen molar-refractivity contribution in [3.63, 3.8) is 0 Å². The molecule has 0 nitrogen and oxygen atoms in total. The summed E-state index contributed by atoms with van der Waals surface area (Å²) < 4.78 is 2.40. The van der Waals surface area contributed by atoms with Crippen molar-refractivity contribution in [2.75, 3.05) is 0 Å². The first-order valence-electron chi connectivity index (χ1n) is 6.45. The SMILES string of the molecule is Cc1cccc(C(Cl)c2csc3c(Br)cccc23)c1C. The summed E-state index contributed by atoms with van der Waals surface area (Å²) in [6.45, 7) is 4.27. The quantitative estimate of drug-likeness (QED) is 0.448. The molecule has 0 aliphatic heterocycles. The van der Waals surface area contributed by atoms with Gasteiger partial charge in [-0.3, -0.25) is 0 Å². The molecule has 102 valence electrons. The molecule has 1 heterocycles. The molecule has 3 aromatic rings. The van der Waals surface area contributed by atoms with Crippen LogP contribution in [0.2, 0.25) is 0 Å². The number of hydrogen-bond donors (Lipinski definition) is 0. The molecule has 1 unspecified atom stereocenters. The lowest BCUT2D eigenvalue weighted by molar-refractivity contribution is 1.12. The van der Waals surface area contributed by atoms with Crippen molar-refractivity contribution >= 4 is 49.0 Å². The van der Waals surface area contributed by atoms with Crippen LogP contribution in [0.5, 0.6) is 0 Å². The number of fused-ring (bicyclic) bond motifs is 1. The Morgan fingerprint density at radius 1 is 1.05 bits per heavy atom. The fourth-order valence-corrected chi connectivity index (χ4v) is 4.59. The summed E-state index contributed by atoms with van der Waals surface area (Å²) in [4.78, 5) is 0. The van der Waals surface area contributed by atoms with Gasteiger partial charge in [-0.25, -0.2) is 0 Å². The van der Waals surface area contributed by atoms with Crippen molar-refractivity contribution in [1.82, 2.24) is 0 Å². The fourth-order valence-electron chi connectivity index (χ4n) is 2.45. The molecule has 0 aliphatic carbocycles. The Kier molecular flexibility index (Phi) is 3.89. The van der Waals surface area contributed by atoms with Gasteiger partial charge in [-0.05, 0) is 68.9 Å². The highest BCUT2D eigenvalue weighted by Gasteiger charge is 2.18. The van der Waals surface area contributed by atoms with Gasteiger partial charge in [0.2, 0.25) is 0 Å². The van der Waals surface area contributed by atoms with Crippen LogP contribution in [0, 0.1) is 13.8 Å². The lowest BCUT2D eigenvalue weighted by Gasteiger charge is -2.14. The molecule has 0 amide bonds. The third-order valence-corrected chi connectivity index (χ3v) is 6.22. The van der Waals surface area contributed by atoms with Crippen molar-refractivity contribution in [1.29, 1.82) is 0 Å². The summed E-state index contributed by atoms with van der Waals surface area (Å²) in [6, 6.07) is 12.6. The number of rotatable bonds is 2. The molecule has 1 atom stereocenters. The average molecular weight is 366 g/mol. The molecule has 0 aliphatic rings. The molecular formula is C17H14BrClS. The zero-order valence-electron chi connectivity index (χ0n) is 11.3.